The third-order valence-corrected chi connectivity index (χ3v) is 7.44. The van der Waals surface area contributed by atoms with Crippen molar-refractivity contribution < 1.29 is 24.2 Å². The molecule has 2 N–H and O–H groups in total. The standard InChI is InChI=1S/C24H28N4O5S2/c1-24(2,3)33-23(32)26-18(14-16-5-4-12-34-16)20(29)27-8-10-28(11-9-27)22-25-17-7-6-15(21(30)31)13-19(17)35-22/h4-7,12-13,18H,8-11,14H2,1-3H3,(H,26,32)(H,30,31)/t18-/m0/s1. The maximum atomic E-state index is 13.4. The van der Waals surface area contributed by atoms with E-state index in [9.17, 15) is 19.5 Å². The number of aromatic nitrogens is 1. The summed E-state index contributed by atoms with van der Waals surface area (Å²) in [5.41, 5.74) is 0.331. The van der Waals surface area contributed by atoms with Gasteiger partial charge < -0.3 is 25.0 Å². The third-order valence-electron chi connectivity index (χ3n) is 5.46. The molecule has 9 nitrogen and oxygen atoms in total. The molecule has 2 aromatic heterocycles. The Labute approximate surface area is 211 Å². The first kappa shape index (κ1) is 24.9. The lowest BCUT2D eigenvalue weighted by Crippen LogP contribution is -2.56. The Balaban J connectivity index is 1.42. The van der Waals surface area contributed by atoms with Gasteiger partial charge in [-0.05, 0) is 50.4 Å². The van der Waals surface area contributed by atoms with Gasteiger partial charge in [0.15, 0.2) is 5.13 Å². The van der Waals surface area contributed by atoms with Gasteiger partial charge in [0.25, 0.3) is 0 Å². The number of alkyl carbamates (subject to hydrolysis) is 1. The number of hydrogen-bond acceptors (Lipinski definition) is 8. The molecule has 2 amide bonds. The number of aromatic carboxylic acids is 1. The summed E-state index contributed by atoms with van der Waals surface area (Å²) < 4.78 is 6.20. The number of hydrogen-bond donors (Lipinski definition) is 2. The zero-order valence-electron chi connectivity index (χ0n) is 19.8. The van der Waals surface area contributed by atoms with Crippen molar-refractivity contribution in [1.82, 2.24) is 15.2 Å². The van der Waals surface area contributed by atoms with Crippen molar-refractivity contribution in [2.24, 2.45) is 0 Å². The van der Waals surface area contributed by atoms with Gasteiger partial charge in [-0.3, -0.25) is 4.79 Å². The maximum Gasteiger partial charge on any atom is 0.408 e. The number of nitrogens with one attached hydrogen (secondary N) is 1. The average molecular weight is 517 g/mol. The molecule has 186 valence electrons. The van der Waals surface area contributed by atoms with Crippen LogP contribution in [0.15, 0.2) is 35.7 Å². The van der Waals surface area contributed by atoms with Crippen LogP contribution in [-0.4, -0.2) is 70.8 Å². The minimum Gasteiger partial charge on any atom is -0.478 e. The van der Waals surface area contributed by atoms with Crippen molar-refractivity contribution in [1.29, 1.82) is 0 Å². The number of benzene rings is 1. The number of fused-ring (bicyclic) bond motifs is 1. The van der Waals surface area contributed by atoms with E-state index in [2.05, 4.69) is 15.2 Å². The lowest BCUT2D eigenvalue weighted by molar-refractivity contribution is -0.133. The number of piperazine rings is 1. The van der Waals surface area contributed by atoms with Gasteiger partial charge in [0.1, 0.15) is 11.6 Å². The Morgan fingerprint density at radius 1 is 1.17 bits per heavy atom. The van der Waals surface area contributed by atoms with Crippen molar-refractivity contribution in [3.8, 4) is 0 Å². The minimum atomic E-state index is -0.967. The van der Waals surface area contributed by atoms with Crippen LogP contribution in [0.5, 0.6) is 0 Å². The number of carboxylic acid groups (broad SMARTS) is 1. The number of nitrogens with zero attached hydrogens (tertiary/aromatic N) is 3. The molecule has 1 aromatic carbocycles. The zero-order valence-corrected chi connectivity index (χ0v) is 21.4. The summed E-state index contributed by atoms with van der Waals surface area (Å²) in [6.07, 6.45) is -0.207. The minimum absolute atomic E-state index is 0.140. The van der Waals surface area contributed by atoms with Gasteiger partial charge in [-0.2, -0.15) is 0 Å². The van der Waals surface area contributed by atoms with Crippen LogP contribution in [0, 0.1) is 0 Å². The van der Waals surface area contributed by atoms with Gasteiger partial charge >= 0.3 is 12.1 Å². The Bertz CT molecular complexity index is 1210. The van der Waals surface area contributed by atoms with E-state index in [0.29, 0.717) is 32.6 Å². The number of carbonyl (C=O) groups is 3. The number of rotatable bonds is 6. The molecule has 0 spiro atoms. The number of anilines is 1. The highest BCUT2D eigenvalue weighted by atomic mass is 32.1. The Morgan fingerprint density at radius 3 is 2.54 bits per heavy atom. The number of amides is 2. The first-order chi connectivity index (χ1) is 16.6. The van der Waals surface area contributed by atoms with E-state index in [-0.39, 0.29) is 11.5 Å². The second-order valence-corrected chi connectivity index (χ2v) is 11.3. The molecule has 4 rings (SSSR count). The molecule has 0 aliphatic carbocycles. The molecule has 0 saturated carbocycles. The van der Waals surface area contributed by atoms with E-state index in [0.717, 1.165) is 20.2 Å². The van der Waals surface area contributed by atoms with Crippen LogP contribution in [0.3, 0.4) is 0 Å². The SMILES string of the molecule is CC(C)(C)OC(=O)N[C@@H](Cc1cccs1)C(=O)N1CCN(c2nc3ccc(C(=O)O)cc3s2)CC1. The Morgan fingerprint density at radius 2 is 1.91 bits per heavy atom. The molecule has 11 heteroatoms. The van der Waals surface area contributed by atoms with Crippen LogP contribution >= 0.6 is 22.7 Å². The number of thiophene rings is 1. The summed E-state index contributed by atoms with van der Waals surface area (Å²) in [5.74, 6) is -1.11. The van der Waals surface area contributed by atoms with E-state index < -0.39 is 23.7 Å². The summed E-state index contributed by atoms with van der Waals surface area (Å²) in [4.78, 5) is 46.6. The summed E-state index contributed by atoms with van der Waals surface area (Å²) in [7, 11) is 0. The second-order valence-electron chi connectivity index (χ2n) is 9.28. The maximum absolute atomic E-state index is 13.4. The third kappa shape index (κ3) is 6.29. The lowest BCUT2D eigenvalue weighted by atomic mass is 10.1. The van der Waals surface area contributed by atoms with Crippen molar-refractivity contribution >= 4 is 56.0 Å². The van der Waals surface area contributed by atoms with Gasteiger partial charge in [-0.25, -0.2) is 14.6 Å². The van der Waals surface area contributed by atoms with E-state index >= 15 is 0 Å². The Kier molecular flexibility index (Phi) is 7.27. The van der Waals surface area contributed by atoms with Gasteiger partial charge in [0.2, 0.25) is 5.91 Å². The van der Waals surface area contributed by atoms with Crippen molar-refractivity contribution in [3.05, 3.63) is 46.2 Å². The quantitative estimate of drug-likeness (QED) is 0.512. The number of carbonyl (C=O) groups excluding carboxylic acids is 2. The number of ether oxygens (including phenoxy) is 1. The van der Waals surface area contributed by atoms with Gasteiger partial charge in [0, 0.05) is 37.5 Å². The summed E-state index contributed by atoms with van der Waals surface area (Å²) in [6.45, 7) is 7.52. The molecule has 0 radical (unpaired) electrons. The fraction of sp³-hybridized carbons (Fsp3) is 0.417. The highest BCUT2D eigenvalue weighted by molar-refractivity contribution is 7.22. The van der Waals surface area contributed by atoms with Crippen LogP contribution in [0.25, 0.3) is 10.2 Å². The Hall–Kier alpha value is -3.18. The second kappa shape index (κ2) is 10.2. The molecule has 1 fully saturated rings. The monoisotopic (exact) mass is 516 g/mol. The summed E-state index contributed by atoms with van der Waals surface area (Å²) in [6, 6.07) is 8.06. The van der Waals surface area contributed by atoms with E-state index in [1.165, 1.54) is 11.3 Å². The predicted octanol–water partition coefficient (Wildman–Crippen LogP) is 3.84. The molecule has 0 unspecified atom stereocenters. The van der Waals surface area contributed by atoms with Crippen LogP contribution < -0.4 is 10.2 Å². The normalized spacial score (nSPS) is 15.2. The first-order valence-electron chi connectivity index (χ1n) is 11.3. The van der Waals surface area contributed by atoms with Crippen LogP contribution in [0.4, 0.5) is 9.93 Å². The van der Waals surface area contributed by atoms with Crippen molar-refractivity contribution in [2.75, 3.05) is 31.1 Å². The molecule has 1 aliphatic rings. The molecule has 1 atom stereocenters. The van der Waals surface area contributed by atoms with E-state index in [1.807, 2.05) is 17.5 Å². The zero-order chi connectivity index (χ0) is 25.2. The van der Waals surface area contributed by atoms with E-state index in [1.54, 1.807) is 55.2 Å². The number of carboxylic acids is 1. The molecule has 1 aliphatic heterocycles. The molecule has 1 saturated heterocycles. The van der Waals surface area contributed by atoms with Gasteiger partial charge in [0.05, 0.1) is 15.8 Å². The van der Waals surface area contributed by atoms with Gasteiger partial charge in [-0.1, -0.05) is 17.4 Å². The molecule has 3 heterocycles. The first-order valence-corrected chi connectivity index (χ1v) is 13.0. The topological polar surface area (TPSA) is 112 Å². The van der Waals surface area contributed by atoms with E-state index in [4.69, 9.17) is 4.74 Å². The molecular formula is C24H28N4O5S2. The molecule has 0 bridgehead atoms. The largest absolute Gasteiger partial charge is 0.478 e. The van der Waals surface area contributed by atoms with Crippen molar-refractivity contribution in [2.45, 2.75) is 38.8 Å². The van der Waals surface area contributed by atoms with Gasteiger partial charge in [-0.15, -0.1) is 11.3 Å². The fourth-order valence-electron chi connectivity index (χ4n) is 3.80. The highest BCUT2D eigenvalue weighted by Crippen LogP contribution is 2.30. The van der Waals surface area contributed by atoms with Crippen LogP contribution in [-0.2, 0) is 16.0 Å². The van der Waals surface area contributed by atoms with Crippen LogP contribution in [0.2, 0.25) is 0 Å². The highest BCUT2D eigenvalue weighted by Gasteiger charge is 2.31. The van der Waals surface area contributed by atoms with Crippen molar-refractivity contribution in [3.63, 3.8) is 0 Å². The average Bonchev–Trinajstić information content (AvgIpc) is 3.46. The fourth-order valence-corrected chi connectivity index (χ4v) is 5.61. The molecule has 3 aromatic rings. The summed E-state index contributed by atoms with van der Waals surface area (Å²) >= 11 is 2.99. The predicted molar refractivity (Wildman–Crippen MR) is 137 cm³/mol. The van der Waals surface area contributed by atoms with Crippen LogP contribution in [0.1, 0.15) is 36.0 Å². The lowest BCUT2D eigenvalue weighted by Gasteiger charge is -2.36. The molecular weight excluding hydrogens is 488 g/mol. The molecule has 35 heavy (non-hydrogen) atoms. The number of thiazole rings is 1. The summed E-state index contributed by atoms with van der Waals surface area (Å²) in [5, 5.41) is 14.7. The smallest absolute Gasteiger partial charge is 0.408 e.